The van der Waals surface area contributed by atoms with Crippen molar-refractivity contribution >= 4 is 17.6 Å². The van der Waals surface area contributed by atoms with Crippen molar-refractivity contribution in [3.63, 3.8) is 0 Å². The molecule has 4 rings (SSSR count). The van der Waals surface area contributed by atoms with Crippen LogP contribution in [0.3, 0.4) is 0 Å². The molecule has 0 saturated carbocycles. The van der Waals surface area contributed by atoms with E-state index < -0.39 is 0 Å². The maximum atomic E-state index is 14.6. The van der Waals surface area contributed by atoms with Gasteiger partial charge in [-0.25, -0.2) is 14.2 Å². The molecule has 37 heavy (non-hydrogen) atoms. The van der Waals surface area contributed by atoms with Crippen molar-refractivity contribution < 1.29 is 18.7 Å². The molecule has 198 valence electrons. The van der Waals surface area contributed by atoms with E-state index >= 15 is 0 Å². The van der Waals surface area contributed by atoms with Crippen LogP contribution in [-0.2, 0) is 9.53 Å². The highest BCUT2D eigenvalue weighted by atomic mass is 19.1. The third-order valence-corrected chi connectivity index (χ3v) is 6.63. The third kappa shape index (κ3) is 6.93. The number of rotatable bonds is 8. The van der Waals surface area contributed by atoms with Crippen molar-refractivity contribution in [1.82, 2.24) is 20.1 Å². The molecule has 0 unspecified atom stereocenters. The molecule has 2 aromatic rings. The van der Waals surface area contributed by atoms with E-state index in [9.17, 15) is 14.0 Å². The highest BCUT2D eigenvalue weighted by Crippen LogP contribution is 2.33. The van der Waals surface area contributed by atoms with Gasteiger partial charge in [-0.15, -0.1) is 0 Å². The zero-order chi connectivity index (χ0) is 26.4. The summed E-state index contributed by atoms with van der Waals surface area (Å²) in [5.41, 5.74) is 2.93. The van der Waals surface area contributed by atoms with E-state index in [2.05, 4.69) is 15.3 Å². The molecule has 3 amide bonds. The summed E-state index contributed by atoms with van der Waals surface area (Å²) in [5.74, 6) is -0.681. The van der Waals surface area contributed by atoms with E-state index in [4.69, 9.17) is 4.74 Å². The van der Waals surface area contributed by atoms with Crippen LogP contribution in [0.15, 0.2) is 53.6 Å². The van der Waals surface area contributed by atoms with Gasteiger partial charge in [-0.3, -0.25) is 9.69 Å². The number of hydrogen-bond donors (Lipinski definition) is 1. The first-order valence-corrected chi connectivity index (χ1v) is 12.9. The minimum Gasteiger partial charge on any atom is -0.379 e. The Hall–Kier alpha value is -3.30. The predicted octanol–water partition coefficient (Wildman–Crippen LogP) is 3.56. The molecule has 9 heteroatoms. The van der Waals surface area contributed by atoms with Crippen molar-refractivity contribution in [3.05, 3.63) is 71.0 Å². The molecule has 0 radical (unpaired) electrons. The number of halogens is 1. The van der Waals surface area contributed by atoms with Crippen LogP contribution in [0.4, 0.5) is 9.18 Å². The number of morpholine rings is 1. The molecular weight excluding hydrogens is 473 g/mol. The quantitative estimate of drug-likeness (QED) is 0.590. The summed E-state index contributed by atoms with van der Waals surface area (Å²) in [4.78, 5) is 30.5. The Morgan fingerprint density at radius 2 is 1.84 bits per heavy atom. The molecule has 0 aliphatic carbocycles. The fourth-order valence-corrected chi connectivity index (χ4v) is 4.56. The Morgan fingerprint density at radius 3 is 2.51 bits per heavy atom. The summed E-state index contributed by atoms with van der Waals surface area (Å²) in [5, 5.41) is 8.93. The molecule has 1 fully saturated rings. The van der Waals surface area contributed by atoms with Crippen LogP contribution in [0.5, 0.6) is 0 Å². The van der Waals surface area contributed by atoms with Crippen molar-refractivity contribution in [2.75, 3.05) is 45.9 Å². The number of benzene rings is 2. The van der Waals surface area contributed by atoms with Gasteiger partial charge in [0.15, 0.2) is 0 Å². The maximum Gasteiger partial charge on any atom is 0.318 e. The molecule has 2 aliphatic rings. The van der Waals surface area contributed by atoms with E-state index in [1.54, 1.807) is 23.1 Å². The molecule has 0 aromatic heterocycles. The van der Waals surface area contributed by atoms with Crippen molar-refractivity contribution in [2.24, 2.45) is 5.10 Å². The summed E-state index contributed by atoms with van der Waals surface area (Å²) >= 11 is 0. The van der Waals surface area contributed by atoms with Gasteiger partial charge in [0.1, 0.15) is 12.4 Å². The first-order valence-electron chi connectivity index (χ1n) is 12.9. The Kier molecular flexibility index (Phi) is 8.89. The average molecular weight is 510 g/mol. The zero-order valence-corrected chi connectivity index (χ0v) is 21.8. The number of aryl methyl sites for hydroxylation is 1. The van der Waals surface area contributed by atoms with Gasteiger partial charge in [0.2, 0.25) is 0 Å². The Morgan fingerprint density at radius 1 is 1.14 bits per heavy atom. The second-order valence-corrected chi connectivity index (χ2v) is 9.88. The molecule has 1 N–H and O–H groups in total. The van der Waals surface area contributed by atoms with Crippen LogP contribution in [-0.4, -0.2) is 84.4 Å². The Balaban J connectivity index is 1.56. The minimum absolute atomic E-state index is 0.0636. The molecule has 2 heterocycles. The summed E-state index contributed by atoms with van der Waals surface area (Å²) in [6.07, 6.45) is 0.391. The van der Waals surface area contributed by atoms with Crippen molar-refractivity contribution in [3.8, 4) is 0 Å². The fraction of sp³-hybridized carbons (Fsp3) is 0.464. The summed E-state index contributed by atoms with van der Waals surface area (Å²) in [6.45, 7) is 9.62. The molecule has 2 aliphatic heterocycles. The van der Waals surface area contributed by atoms with Gasteiger partial charge in [-0.1, -0.05) is 48.0 Å². The van der Waals surface area contributed by atoms with Gasteiger partial charge in [0.25, 0.3) is 5.91 Å². The van der Waals surface area contributed by atoms with E-state index in [1.807, 2.05) is 45.0 Å². The van der Waals surface area contributed by atoms with E-state index in [0.717, 1.165) is 24.2 Å². The normalized spacial score (nSPS) is 18.1. The minimum atomic E-state index is -0.378. The number of nitrogens with zero attached hydrogens (tertiary/aromatic N) is 4. The number of urea groups is 1. The van der Waals surface area contributed by atoms with E-state index in [1.165, 1.54) is 11.1 Å². The highest BCUT2D eigenvalue weighted by molar-refractivity contribution is 6.03. The van der Waals surface area contributed by atoms with Crippen LogP contribution in [0, 0.1) is 12.7 Å². The Labute approximate surface area is 218 Å². The zero-order valence-electron chi connectivity index (χ0n) is 21.8. The molecule has 8 nitrogen and oxygen atoms in total. The number of ether oxygens (including phenoxy) is 1. The lowest BCUT2D eigenvalue weighted by atomic mass is 9.97. The highest BCUT2D eigenvalue weighted by Gasteiger charge is 2.35. The summed E-state index contributed by atoms with van der Waals surface area (Å²) < 4.78 is 20.0. The van der Waals surface area contributed by atoms with Crippen LogP contribution in [0.25, 0.3) is 0 Å². The lowest BCUT2D eigenvalue weighted by Gasteiger charge is -2.31. The van der Waals surface area contributed by atoms with Gasteiger partial charge in [0.05, 0.1) is 25.0 Å². The first-order chi connectivity index (χ1) is 17.8. The largest absolute Gasteiger partial charge is 0.379 e. The van der Waals surface area contributed by atoms with Crippen molar-refractivity contribution in [1.29, 1.82) is 0 Å². The molecular formula is C28H36FN5O3. The molecule has 1 atom stereocenters. The number of amides is 3. The average Bonchev–Trinajstić information content (AvgIpc) is 3.32. The van der Waals surface area contributed by atoms with Gasteiger partial charge < -0.3 is 15.0 Å². The summed E-state index contributed by atoms with van der Waals surface area (Å²) in [6, 6.07) is 13.7. The van der Waals surface area contributed by atoms with Crippen LogP contribution in [0.1, 0.15) is 43.0 Å². The molecule has 2 aromatic carbocycles. The standard InChI is InChI=1S/C28H36FN5O3/c1-20(2)30-28(36)33(13-12-32-14-16-37-17-15-32)19-27(35)34-26(22-10-8-21(3)9-11-22)18-25(31-34)23-6-4-5-7-24(23)29/h4-11,20,26H,12-19H2,1-3H3,(H,30,36)/t26-/m1/s1. The summed E-state index contributed by atoms with van der Waals surface area (Å²) in [7, 11) is 0. The Bertz CT molecular complexity index is 1120. The van der Waals surface area contributed by atoms with E-state index in [-0.39, 0.29) is 36.4 Å². The van der Waals surface area contributed by atoms with E-state index in [0.29, 0.717) is 44.0 Å². The monoisotopic (exact) mass is 509 g/mol. The third-order valence-electron chi connectivity index (χ3n) is 6.63. The fourth-order valence-electron chi connectivity index (χ4n) is 4.56. The topological polar surface area (TPSA) is 77.5 Å². The second-order valence-electron chi connectivity index (χ2n) is 9.88. The number of nitrogens with one attached hydrogen (secondary N) is 1. The van der Waals surface area contributed by atoms with Gasteiger partial charge in [-0.05, 0) is 32.4 Å². The van der Waals surface area contributed by atoms with Gasteiger partial charge in [-0.2, -0.15) is 5.10 Å². The lowest BCUT2D eigenvalue weighted by molar-refractivity contribution is -0.133. The SMILES string of the molecule is Cc1ccc([C@H]2CC(c3ccccc3F)=NN2C(=O)CN(CCN2CCOCC2)C(=O)NC(C)C)cc1. The van der Waals surface area contributed by atoms with Crippen LogP contribution < -0.4 is 5.32 Å². The van der Waals surface area contributed by atoms with Gasteiger partial charge >= 0.3 is 6.03 Å². The maximum absolute atomic E-state index is 14.6. The lowest BCUT2D eigenvalue weighted by Crippen LogP contribution is -2.50. The van der Waals surface area contributed by atoms with Crippen molar-refractivity contribution in [2.45, 2.75) is 39.3 Å². The predicted molar refractivity (Wildman–Crippen MR) is 141 cm³/mol. The van der Waals surface area contributed by atoms with Crippen LogP contribution in [0.2, 0.25) is 0 Å². The molecule has 0 spiro atoms. The van der Waals surface area contributed by atoms with Crippen LogP contribution >= 0.6 is 0 Å². The number of carbonyl (C=O) groups is 2. The molecule has 0 bridgehead atoms. The number of carbonyl (C=O) groups excluding carboxylic acids is 2. The van der Waals surface area contributed by atoms with Gasteiger partial charge in [0, 0.05) is 44.2 Å². The second kappa shape index (κ2) is 12.3. The smallest absolute Gasteiger partial charge is 0.318 e. The first kappa shape index (κ1) is 26.8. The molecule has 1 saturated heterocycles. The number of hydrogen-bond acceptors (Lipinski definition) is 5. The number of hydrazone groups is 1.